The van der Waals surface area contributed by atoms with Gasteiger partial charge in [-0.25, -0.2) is 0 Å². The molecule has 0 saturated heterocycles. The lowest BCUT2D eigenvalue weighted by atomic mass is 9.74. The SMILES string of the molecule is CO[C@H]1C[C@@H]2C=C[C@H]1CC2. The number of ether oxygens (including phenoxy) is 1. The van der Waals surface area contributed by atoms with Crippen LogP contribution in [0.2, 0.25) is 0 Å². The third-order valence-corrected chi connectivity index (χ3v) is 2.82. The first-order valence-corrected chi connectivity index (χ1v) is 4.11. The van der Waals surface area contributed by atoms with Gasteiger partial charge in [0.15, 0.2) is 0 Å². The standard InChI is InChI=1S/C9H14O/c1-10-9-6-7-2-4-8(9)5-3-7/h2,4,7-9H,3,5-6H2,1H3/t7-,8+,9+/m1/s1. The van der Waals surface area contributed by atoms with Gasteiger partial charge in [-0.2, -0.15) is 0 Å². The van der Waals surface area contributed by atoms with E-state index in [2.05, 4.69) is 12.2 Å². The zero-order valence-electron chi connectivity index (χ0n) is 6.42. The van der Waals surface area contributed by atoms with Gasteiger partial charge in [-0.1, -0.05) is 12.2 Å². The van der Waals surface area contributed by atoms with Crippen molar-refractivity contribution in [2.75, 3.05) is 7.11 Å². The van der Waals surface area contributed by atoms with E-state index in [0.29, 0.717) is 6.10 Å². The average Bonchev–Trinajstić information content (AvgIpc) is 2.06. The molecule has 0 aliphatic heterocycles. The third-order valence-electron chi connectivity index (χ3n) is 2.82. The summed E-state index contributed by atoms with van der Waals surface area (Å²) in [6.07, 6.45) is 9.23. The summed E-state index contributed by atoms with van der Waals surface area (Å²) in [5.41, 5.74) is 0. The van der Waals surface area contributed by atoms with Crippen LogP contribution < -0.4 is 0 Å². The summed E-state index contributed by atoms with van der Waals surface area (Å²) >= 11 is 0. The first-order valence-electron chi connectivity index (χ1n) is 4.11. The van der Waals surface area contributed by atoms with Crippen molar-refractivity contribution < 1.29 is 4.74 Å². The number of hydrogen-bond acceptors (Lipinski definition) is 1. The summed E-state index contributed by atoms with van der Waals surface area (Å²) in [6, 6.07) is 0. The predicted molar refractivity (Wildman–Crippen MR) is 40.8 cm³/mol. The lowest BCUT2D eigenvalue weighted by Gasteiger charge is -2.36. The van der Waals surface area contributed by atoms with Gasteiger partial charge in [-0.3, -0.25) is 0 Å². The second kappa shape index (κ2) is 2.39. The first-order chi connectivity index (χ1) is 4.90. The van der Waals surface area contributed by atoms with Crippen LogP contribution in [-0.4, -0.2) is 13.2 Å². The molecule has 3 aliphatic rings. The topological polar surface area (TPSA) is 9.23 Å². The molecule has 2 bridgehead atoms. The summed E-state index contributed by atoms with van der Waals surface area (Å²) in [4.78, 5) is 0. The summed E-state index contributed by atoms with van der Waals surface area (Å²) in [6.45, 7) is 0. The van der Waals surface area contributed by atoms with Crippen molar-refractivity contribution in [3.8, 4) is 0 Å². The maximum absolute atomic E-state index is 5.37. The highest BCUT2D eigenvalue weighted by atomic mass is 16.5. The molecular formula is C9H14O. The molecule has 1 fully saturated rings. The zero-order valence-corrected chi connectivity index (χ0v) is 6.42. The Hall–Kier alpha value is -0.300. The molecule has 3 rings (SSSR count). The van der Waals surface area contributed by atoms with Crippen LogP contribution >= 0.6 is 0 Å². The molecule has 56 valence electrons. The Morgan fingerprint density at radius 1 is 1.30 bits per heavy atom. The Balaban J connectivity index is 2.11. The number of allylic oxidation sites excluding steroid dienone is 1. The Morgan fingerprint density at radius 2 is 2.20 bits per heavy atom. The zero-order chi connectivity index (χ0) is 6.97. The van der Waals surface area contributed by atoms with E-state index in [1.165, 1.54) is 19.3 Å². The van der Waals surface area contributed by atoms with Gasteiger partial charge in [0.1, 0.15) is 0 Å². The van der Waals surface area contributed by atoms with Crippen molar-refractivity contribution in [2.24, 2.45) is 11.8 Å². The first kappa shape index (κ1) is 6.41. The van der Waals surface area contributed by atoms with Gasteiger partial charge < -0.3 is 4.74 Å². The van der Waals surface area contributed by atoms with Gasteiger partial charge in [-0.05, 0) is 25.2 Å². The number of fused-ring (bicyclic) bond motifs is 2. The molecule has 3 aliphatic carbocycles. The predicted octanol–water partition coefficient (Wildman–Crippen LogP) is 1.99. The van der Waals surface area contributed by atoms with Gasteiger partial charge in [0.2, 0.25) is 0 Å². The highest BCUT2D eigenvalue weighted by molar-refractivity contribution is 5.06. The third kappa shape index (κ3) is 0.891. The Kier molecular flexibility index (Phi) is 1.53. The molecule has 0 spiro atoms. The molecule has 1 nitrogen and oxygen atoms in total. The van der Waals surface area contributed by atoms with Crippen LogP contribution in [-0.2, 0) is 4.74 Å². The summed E-state index contributed by atoms with van der Waals surface area (Å²) < 4.78 is 5.37. The average molecular weight is 138 g/mol. The summed E-state index contributed by atoms with van der Waals surface area (Å²) in [7, 11) is 1.83. The molecule has 0 N–H and O–H groups in total. The lowest BCUT2D eigenvalue weighted by molar-refractivity contribution is 0.0219. The van der Waals surface area contributed by atoms with E-state index >= 15 is 0 Å². The monoisotopic (exact) mass is 138 g/mol. The summed E-state index contributed by atoms with van der Waals surface area (Å²) in [5.74, 6) is 1.56. The van der Waals surface area contributed by atoms with Crippen molar-refractivity contribution in [1.82, 2.24) is 0 Å². The van der Waals surface area contributed by atoms with E-state index in [-0.39, 0.29) is 0 Å². The van der Waals surface area contributed by atoms with E-state index in [0.717, 1.165) is 11.8 Å². The van der Waals surface area contributed by atoms with Crippen LogP contribution in [0, 0.1) is 11.8 Å². The second-order valence-corrected chi connectivity index (χ2v) is 3.40. The van der Waals surface area contributed by atoms with Crippen molar-refractivity contribution >= 4 is 0 Å². The smallest absolute Gasteiger partial charge is 0.0639 e. The normalized spacial score (nSPS) is 44.3. The van der Waals surface area contributed by atoms with Crippen molar-refractivity contribution in [3.05, 3.63) is 12.2 Å². The van der Waals surface area contributed by atoms with Crippen LogP contribution in [0.5, 0.6) is 0 Å². The van der Waals surface area contributed by atoms with Crippen LogP contribution in [0.1, 0.15) is 19.3 Å². The minimum Gasteiger partial charge on any atom is -0.381 e. The Bertz CT molecular complexity index is 151. The molecule has 10 heavy (non-hydrogen) atoms. The highest BCUT2D eigenvalue weighted by Crippen LogP contribution is 2.37. The van der Waals surface area contributed by atoms with E-state index in [1.807, 2.05) is 7.11 Å². The molecule has 1 heteroatoms. The van der Waals surface area contributed by atoms with Crippen LogP contribution in [0.4, 0.5) is 0 Å². The molecule has 0 unspecified atom stereocenters. The quantitative estimate of drug-likeness (QED) is 0.503. The van der Waals surface area contributed by atoms with Crippen LogP contribution in [0.3, 0.4) is 0 Å². The van der Waals surface area contributed by atoms with Crippen LogP contribution in [0.25, 0.3) is 0 Å². The molecule has 0 aromatic carbocycles. The van der Waals surface area contributed by atoms with Gasteiger partial charge in [0.05, 0.1) is 6.10 Å². The largest absolute Gasteiger partial charge is 0.381 e. The number of rotatable bonds is 1. The van der Waals surface area contributed by atoms with E-state index in [9.17, 15) is 0 Å². The molecule has 0 amide bonds. The fourth-order valence-corrected chi connectivity index (χ4v) is 2.15. The van der Waals surface area contributed by atoms with Crippen molar-refractivity contribution in [2.45, 2.75) is 25.4 Å². The molecule has 3 atom stereocenters. The number of methoxy groups -OCH3 is 1. The Morgan fingerprint density at radius 3 is 2.50 bits per heavy atom. The summed E-state index contributed by atoms with van der Waals surface area (Å²) in [5, 5.41) is 0. The van der Waals surface area contributed by atoms with E-state index in [1.54, 1.807) is 0 Å². The second-order valence-electron chi connectivity index (χ2n) is 3.40. The molecule has 0 heterocycles. The lowest BCUT2D eigenvalue weighted by Crippen LogP contribution is -2.32. The van der Waals surface area contributed by atoms with Gasteiger partial charge in [-0.15, -0.1) is 0 Å². The molecule has 0 aromatic rings. The van der Waals surface area contributed by atoms with Crippen molar-refractivity contribution in [3.63, 3.8) is 0 Å². The Labute approximate surface area is 62.1 Å². The highest BCUT2D eigenvalue weighted by Gasteiger charge is 2.31. The molecule has 1 saturated carbocycles. The fourth-order valence-electron chi connectivity index (χ4n) is 2.15. The van der Waals surface area contributed by atoms with Gasteiger partial charge in [0.25, 0.3) is 0 Å². The molecular weight excluding hydrogens is 124 g/mol. The van der Waals surface area contributed by atoms with E-state index < -0.39 is 0 Å². The molecule has 0 radical (unpaired) electrons. The molecule has 0 aromatic heterocycles. The minimum absolute atomic E-state index is 0.531. The minimum atomic E-state index is 0.531. The number of hydrogen-bond donors (Lipinski definition) is 0. The van der Waals surface area contributed by atoms with Gasteiger partial charge >= 0.3 is 0 Å². The maximum Gasteiger partial charge on any atom is 0.0639 e. The van der Waals surface area contributed by atoms with Crippen molar-refractivity contribution in [1.29, 1.82) is 0 Å². The van der Waals surface area contributed by atoms with E-state index in [4.69, 9.17) is 4.74 Å². The van der Waals surface area contributed by atoms with Crippen LogP contribution in [0.15, 0.2) is 12.2 Å². The fraction of sp³-hybridized carbons (Fsp3) is 0.778. The van der Waals surface area contributed by atoms with Gasteiger partial charge in [0, 0.05) is 13.0 Å². The maximum atomic E-state index is 5.37.